The molecule has 0 bridgehead atoms. The van der Waals surface area contributed by atoms with Crippen LogP contribution in [-0.4, -0.2) is 22.1 Å². The molecule has 104 valence electrons. The van der Waals surface area contributed by atoms with E-state index < -0.39 is 0 Å². The molecule has 1 amide bonds. The highest BCUT2D eigenvalue weighted by molar-refractivity contribution is 5.94. The average molecular weight is 270 g/mol. The summed E-state index contributed by atoms with van der Waals surface area (Å²) in [4.78, 5) is 11.9. The number of H-pyrrole nitrogens is 1. The predicted octanol–water partition coefficient (Wildman–Crippen LogP) is 2.48. The summed E-state index contributed by atoms with van der Waals surface area (Å²) in [5.74, 6) is 0.0145. The van der Waals surface area contributed by atoms with Crippen molar-refractivity contribution in [2.75, 3.05) is 5.32 Å². The molecule has 1 fully saturated rings. The second-order valence-electron chi connectivity index (χ2n) is 5.20. The fourth-order valence-electron chi connectivity index (χ4n) is 2.05. The van der Waals surface area contributed by atoms with E-state index in [2.05, 4.69) is 27.8 Å². The molecule has 3 N–H and O–H groups in total. The smallest absolute Gasteiger partial charge is 0.251 e. The lowest BCUT2D eigenvalue weighted by Crippen LogP contribution is -2.25. The Labute approximate surface area is 117 Å². The van der Waals surface area contributed by atoms with E-state index in [0.29, 0.717) is 11.6 Å². The van der Waals surface area contributed by atoms with Crippen LogP contribution in [0.2, 0.25) is 0 Å². The molecule has 1 aromatic carbocycles. The summed E-state index contributed by atoms with van der Waals surface area (Å²) in [5, 5.41) is 13.2. The normalized spacial score (nSPS) is 15.7. The quantitative estimate of drug-likeness (QED) is 0.781. The molecule has 20 heavy (non-hydrogen) atoms. The van der Waals surface area contributed by atoms with E-state index in [1.54, 1.807) is 6.20 Å². The number of aromatic nitrogens is 2. The molecule has 0 radical (unpaired) electrons. The number of aromatic amines is 1. The van der Waals surface area contributed by atoms with Crippen molar-refractivity contribution in [2.24, 2.45) is 0 Å². The Kier molecular flexibility index (Phi) is 3.41. The maximum Gasteiger partial charge on any atom is 0.251 e. The Balaban J connectivity index is 1.62. The van der Waals surface area contributed by atoms with Crippen LogP contribution in [-0.2, 0) is 0 Å². The molecule has 5 heteroatoms. The molecule has 1 aliphatic rings. The topological polar surface area (TPSA) is 69.8 Å². The number of carbonyl (C=O) groups is 1. The van der Waals surface area contributed by atoms with Crippen LogP contribution in [0, 0.1) is 0 Å². The molecular weight excluding hydrogens is 252 g/mol. The van der Waals surface area contributed by atoms with Gasteiger partial charge in [0.05, 0.1) is 11.7 Å². The molecule has 0 spiro atoms. The lowest BCUT2D eigenvalue weighted by molar-refractivity contribution is 0.0951. The highest BCUT2D eigenvalue weighted by Crippen LogP contribution is 2.20. The van der Waals surface area contributed by atoms with Crippen molar-refractivity contribution < 1.29 is 4.79 Å². The molecule has 0 aliphatic heterocycles. The van der Waals surface area contributed by atoms with Crippen LogP contribution in [0.5, 0.6) is 0 Å². The van der Waals surface area contributed by atoms with E-state index in [1.165, 1.54) is 0 Å². The van der Waals surface area contributed by atoms with Gasteiger partial charge in [-0.25, -0.2) is 0 Å². The van der Waals surface area contributed by atoms with Gasteiger partial charge in [0.2, 0.25) is 0 Å². The fraction of sp³-hybridized carbons (Fsp3) is 0.333. The third-order valence-electron chi connectivity index (χ3n) is 3.43. The summed E-state index contributed by atoms with van der Waals surface area (Å²) in [6, 6.07) is 10.0. The van der Waals surface area contributed by atoms with Crippen molar-refractivity contribution in [3.63, 3.8) is 0 Å². The first-order valence-electron chi connectivity index (χ1n) is 6.89. The Hall–Kier alpha value is -2.30. The van der Waals surface area contributed by atoms with E-state index in [1.807, 2.05) is 30.3 Å². The molecule has 1 atom stereocenters. The summed E-state index contributed by atoms with van der Waals surface area (Å²) < 4.78 is 0. The first-order chi connectivity index (χ1) is 9.72. The Morgan fingerprint density at radius 2 is 2.05 bits per heavy atom. The Morgan fingerprint density at radius 3 is 2.65 bits per heavy atom. The predicted molar refractivity (Wildman–Crippen MR) is 77.6 cm³/mol. The van der Waals surface area contributed by atoms with Gasteiger partial charge >= 0.3 is 0 Å². The second-order valence-corrected chi connectivity index (χ2v) is 5.20. The fourth-order valence-corrected chi connectivity index (χ4v) is 2.05. The van der Waals surface area contributed by atoms with Gasteiger partial charge in [0.25, 0.3) is 5.91 Å². The number of anilines is 1. The third kappa shape index (κ3) is 2.99. The van der Waals surface area contributed by atoms with Crippen LogP contribution in [0.1, 0.15) is 41.9 Å². The minimum atomic E-state index is 0.0145. The summed E-state index contributed by atoms with van der Waals surface area (Å²) in [7, 11) is 0. The van der Waals surface area contributed by atoms with Crippen molar-refractivity contribution in [1.82, 2.24) is 15.5 Å². The van der Waals surface area contributed by atoms with Crippen molar-refractivity contribution in [3.8, 4) is 0 Å². The number of hydrogen-bond acceptors (Lipinski definition) is 3. The zero-order valence-corrected chi connectivity index (χ0v) is 11.4. The number of rotatable bonds is 5. The number of amides is 1. The van der Waals surface area contributed by atoms with Gasteiger partial charge in [0.15, 0.2) is 0 Å². The van der Waals surface area contributed by atoms with E-state index in [0.717, 1.165) is 24.2 Å². The van der Waals surface area contributed by atoms with Crippen LogP contribution in [0.4, 0.5) is 5.69 Å². The lowest BCUT2D eigenvalue weighted by atomic mass is 10.1. The molecule has 1 unspecified atom stereocenters. The van der Waals surface area contributed by atoms with Gasteiger partial charge in [0.1, 0.15) is 0 Å². The van der Waals surface area contributed by atoms with Gasteiger partial charge in [-0.05, 0) is 50.1 Å². The molecule has 2 aromatic rings. The SMILES string of the molecule is CC(Nc1ccc(C(=O)NC2CC2)cc1)c1ccn[nH]1. The second kappa shape index (κ2) is 5.36. The molecule has 5 nitrogen and oxygen atoms in total. The molecular formula is C15H18N4O. The molecule has 1 saturated carbocycles. The molecule has 1 aromatic heterocycles. The number of nitrogens with one attached hydrogen (secondary N) is 3. The molecule has 0 saturated heterocycles. The van der Waals surface area contributed by atoms with E-state index >= 15 is 0 Å². The number of benzene rings is 1. The van der Waals surface area contributed by atoms with E-state index in [4.69, 9.17) is 0 Å². The summed E-state index contributed by atoms with van der Waals surface area (Å²) in [5.41, 5.74) is 2.72. The lowest BCUT2D eigenvalue weighted by Gasteiger charge is -2.13. The first-order valence-corrected chi connectivity index (χ1v) is 6.89. The van der Waals surface area contributed by atoms with Gasteiger partial charge in [-0.2, -0.15) is 5.10 Å². The number of hydrogen-bond donors (Lipinski definition) is 3. The van der Waals surface area contributed by atoms with Gasteiger partial charge in [-0.1, -0.05) is 0 Å². The first kappa shape index (κ1) is 12.7. The van der Waals surface area contributed by atoms with Gasteiger partial charge < -0.3 is 10.6 Å². The van der Waals surface area contributed by atoms with Crippen molar-refractivity contribution in [3.05, 3.63) is 47.8 Å². The maximum absolute atomic E-state index is 11.9. The standard InChI is InChI=1S/C15H18N4O/c1-10(14-8-9-16-19-14)17-12-4-2-11(3-5-12)15(20)18-13-6-7-13/h2-5,8-10,13,17H,6-7H2,1H3,(H,16,19)(H,18,20). The Morgan fingerprint density at radius 1 is 1.30 bits per heavy atom. The molecule has 1 aliphatic carbocycles. The van der Waals surface area contributed by atoms with Gasteiger partial charge in [-0.3, -0.25) is 9.89 Å². The zero-order chi connectivity index (χ0) is 13.9. The van der Waals surface area contributed by atoms with E-state index in [-0.39, 0.29) is 11.9 Å². The van der Waals surface area contributed by atoms with Crippen LogP contribution in [0.3, 0.4) is 0 Å². The van der Waals surface area contributed by atoms with Crippen LogP contribution in [0.15, 0.2) is 36.5 Å². The van der Waals surface area contributed by atoms with Crippen LogP contribution < -0.4 is 10.6 Å². The van der Waals surface area contributed by atoms with Crippen molar-refractivity contribution >= 4 is 11.6 Å². The van der Waals surface area contributed by atoms with Gasteiger partial charge in [0, 0.05) is 23.5 Å². The zero-order valence-electron chi connectivity index (χ0n) is 11.4. The highest BCUT2D eigenvalue weighted by Gasteiger charge is 2.23. The maximum atomic E-state index is 11.9. The van der Waals surface area contributed by atoms with Gasteiger partial charge in [-0.15, -0.1) is 0 Å². The summed E-state index contributed by atoms with van der Waals surface area (Å²) in [6.07, 6.45) is 3.94. The highest BCUT2D eigenvalue weighted by atomic mass is 16.1. The Bertz CT molecular complexity index is 572. The average Bonchev–Trinajstić information content (AvgIpc) is 3.08. The van der Waals surface area contributed by atoms with Crippen molar-refractivity contribution in [2.45, 2.75) is 31.8 Å². The van der Waals surface area contributed by atoms with E-state index in [9.17, 15) is 4.79 Å². The monoisotopic (exact) mass is 270 g/mol. The minimum Gasteiger partial charge on any atom is -0.377 e. The summed E-state index contributed by atoms with van der Waals surface area (Å²) in [6.45, 7) is 2.06. The molecule has 1 heterocycles. The molecule has 3 rings (SSSR count). The van der Waals surface area contributed by atoms with Crippen molar-refractivity contribution in [1.29, 1.82) is 0 Å². The third-order valence-corrected chi connectivity index (χ3v) is 3.43. The summed E-state index contributed by atoms with van der Waals surface area (Å²) >= 11 is 0. The number of nitrogens with zero attached hydrogens (tertiary/aromatic N) is 1. The van der Waals surface area contributed by atoms with Crippen LogP contribution >= 0.6 is 0 Å². The largest absolute Gasteiger partial charge is 0.377 e. The van der Waals surface area contributed by atoms with Crippen LogP contribution in [0.25, 0.3) is 0 Å². The minimum absolute atomic E-state index is 0.0145. The number of carbonyl (C=O) groups excluding carboxylic acids is 1.